The molecule has 3 atom stereocenters. The molecule has 7 nitrogen and oxygen atoms in total. The van der Waals surface area contributed by atoms with Crippen molar-refractivity contribution in [3.05, 3.63) is 23.8 Å². The Balaban J connectivity index is 2.08. The van der Waals surface area contributed by atoms with Crippen LogP contribution in [0.1, 0.15) is 37.0 Å². The number of hydrogen-bond donors (Lipinski definition) is 3. The molecule has 1 aliphatic heterocycles. The van der Waals surface area contributed by atoms with E-state index in [-0.39, 0.29) is 18.0 Å². The summed E-state index contributed by atoms with van der Waals surface area (Å²) >= 11 is 0. The Morgan fingerprint density at radius 3 is 2.46 bits per heavy atom. The molecule has 1 saturated heterocycles. The van der Waals surface area contributed by atoms with Gasteiger partial charge in [0, 0.05) is 12.6 Å². The van der Waals surface area contributed by atoms with E-state index in [2.05, 4.69) is 24.5 Å². The number of aliphatic hydroxyl groups is 1. The van der Waals surface area contributed by atoms with Crippen molar-refractivity contribution in [2.24, 2.45) is 5.92 Å². The monoisotopic (exact) mass is 366 g/mol. The van der Waals surface area contributed by atoms with Gasteiger partial charge in [0.1, 0.15) is 17.1 Å². The van der Waals surface area contributed by atoms with Gasteiger partial charge in [-0.05, 0) is 30.9 Å². The van der Waals surface area contributed by atoms with Gasteiger partial charge in [-0.25, -0.2) is 0 Å². The minimum Gasteiger partial charge on any atom is -0.496 e. The maximum absolute atomic E-state index is 12.9. The first kappa shape index (κ1) is 20.5. The van der Waals surface area contributed by atoms with Crippen LogP contribution in [0, 0.1) is 5.92 Å². The van der Waals surface area contributed by atoms with Gasteiger partial charge in [0.25, 0.3) is 5.91 Å². The smallest absolute Gasteiger partial charge is 0.259 e. The fourth-order valence-electron chi connectivity index (χ4n) is 3.17. The lowest BCUT2D eigenvalue weighted by Gasteiger charge is -2.24. The lowest BCUT2D eigenvalue weighted by molar-refractivity contribution is -0.0718. The first-order valence-corrected chi connectivity index (χ1v) is 9.01. The van der Waals surface area contributed by atoms with E-state index in [1.54, 1.807) is 18.2 Å². The molecule has 0 radical (unpaired) electrons. The highest BCUT2D eigenvalue weighted by molar-refractivity contribution is 5.99. The van der Waals surface area contributed by atoms with Gasteiger partial charge in [-0.3, -0.25) is 4.79 Å². The van der Waals surface area contributed by atoms with E-state index in [9.17, 15) is 9.90 Å². The zero-order valence-electron chi connectivity index (χ0n) is 16.0. The summed E-state index contributed by atoms with van der Waals surface area (Å²) in [7, 11) is 3.06. The molecular formula is C19H30N2O5. The van der Waals surface area contributed by atoms with Crippen LogP contribution in [0.4, 0.5) is 0 Å². The summed E-state index contributed by atoms with van der Waals surface area (Å²) in [5.41, 5.74) is 0.385. The topological polar surface area (TPSA) is 89.1 Å². The van der Waals surface area contributed by atoms with Crippen molar-refractivity contribution >= 4 is 5.91 Å². The molecule has 1 fully saturated rings. The van der Waals surface area contributed by atoms with Crippen molar-refractivity contribution in [3.63, 3.8) is 0 Å². The Labute approximate surface area is 155 Å². The van der Waals surface area contributed by atoms with Crippen LogP contribution in [0.2, 0.25) is 0 Å². The van der Waals surface area contributed by atoms with Crippen LogP contribution < -0.4 is 20.1 Å². The zero-order valence-corrected chi connectivity index (χ0v) is 16.0. The second kappa shape index (κ2) is 9.75. The minimum atomic E-state index is -0.792. The maximum Gasteiger partial charge on any atom is 0.259 e. The van der Waals surface area contributed by atoms with Gasteiger partial charge < -0.3 is 30.0 Å². The molecule has 1 unspecified atom stereocenters. The molecule has 0 bridgehead atoms. The molecule has 2 rings (SSSR count). The second-order valence-corrected chi connectivity index (χ2v) is 6.90. The Bertz CT molecular complexity index is 571. The molecule has 1 aromatic rings. The second-order valence-electron chi connectivity index (χ2n) is 6.90. The fraction of sp³-hybridized carbons (Fsp3) is 0.632. The highest BCUT2D eigenvalue weighted by Gasteiger charge is 2.27. The van der Waals surface area contributed by atoms with Crippen LogP contribution >= 0.6 is 0 Å². The summed E-state index contributed by atoms with van der Waals surface area (Å²) in [5.74, 6) is 1.11. The van der Waals surface area contributed by atoms with E-state index in [1.165, 1.54) is 14.2 Å². The first-order valence-electron chi connectivity index (χ1n) is 9.01. The van der Waals surface area contributed by atoms with Crippen LogP contribution in [-0.4, -0.2) is 56.8 Å². The SMILES string of the molecule is COc1cccc(OC)c1C(=O)N[C@@H](CN[C@H]1CCOC1O)CC(C)C. The molecule has 146 valence electrons. The number of benzene rings is 1. The number of carbonyl (C=O) groups is 1. The van der Waals surface area contributed by atoms with Crippen LogP contribution in [0.5, 0.6) is 11.5 Å². The lowest BCUT2D eigenvalue weighted by atomic mass is 10.0. The largest absolute Gasteiger partial charge is 0.496 e. The van der Waals surface area contributed by atoms with Crippen molar-refractivity contribution in [1.29, 1.82) is 0 Å². The molecular weight excluding hydrogens is 336 g/mol. The van der Waals surface area contributed by atoms with Crippen LogP contribution in [0.25, 0.3) is 0 Å². The zero-order chi connectivity index (χ0) is 19.1. The number of methoxy groups -OCH3 is 2. The Morgan fingerprint density at radius 2 is 1.96 bits per heavy atom. The Kier molecular flexibility index (Phi) is 7.68. The molecule has 7 heteroatoms. The molecule has 0 aromatic heterocycles. The maximum atomic E-state index is 12.9. The summed E-state index contributed by atoms with van der Waals surface area (Å²) in [6.07, 6.45) is 0.767. The third-order valence-corrected chi connectivity index (χ3v) is 4.43. The number of nitrogens with one attached hydrogen (secondary N) is 2. The average molecular weight is 366 g/mol. The highest BCUT2D eigenvalue weighted by Crippen LogP contribution is 2.28. The van der Waals surface area contributed by atoms with Gasteiger partial charge in [0.05, 0.1) is 26.9 Å². The van der Waals surface area contributed by atoms with Crippen LogP contribution in [-0.2, 0) is 4.74 Å². The van der Waals surface area contributed by atoms with E-state index in [4.69, 9.17) is 14.2 Å². The van der Waals surface area contributed by atoms with Crippen molar-refractivity contribution in [1.82, 2.24) is 10.6 Å². The summed E-state index contributed by atoms with van der Waals surface area (Å²) in [5, 5.41) is 16.1. The third-order valence-electron chi connectivity index (χ3n) is 4.43. The number of hydrogen-bond acceptors (Lipinski definition) is 6. The molecule has 0 saturated carbocycles. The third kappa shape index (κ3) is 5.33. The standard InChI is InChI=1S/C19H30N2O5/c1-12(2)10-13(11-20-14-8-9-26-19(14)23)21-18(22)17-15(24-3)6-5-7-16(17)25-4/h5-7,12-14,19-20,23H,8-11H2,1-4H3,(H,21,22)/t13-,14+,19?/m1/s1. The molecule has 1 amide bonds. The number of aliphatic hydroxyl groups excluding tert-OH is 1. The van der Waals surface area contributed by atoms with Crippen LogP contribution in [0.3, 0.4) is 0 Å². The number of amides is 1. The first-order chi connectivity index (χ1) is 12.5. The summed E-state index contributed by atoms with van der Waals surface area (Å²) in [4.78, 5) is 12.9. The van der Waals surface area contributed by atoms with Crippen molar-refractivity contribution in [3.8, 4) is 11.5 Å². The van der Waals surface area contributed by atoms with Gasteiger partial charge in [0.2, 0.25) is 0 Å². The van der Waals surface area contributed by atoms with Gasteiger partial charge in [-0.15, -0.1) is 0 Å². The summed E-state index contributed by atoms with van der Waals surface area (Å²) in [6.45, 7) is 5.30. The van der Waals surface area contributed by atoms with Crippen molar-refractivity contribution < 1.29 is 24.1 Å². The van der Waals surface area contributed by atoms with E-state index >= 15 is 0 Å². The average Bonchev–Trinajstić information content (AvgIpc) is 3.03. The highest BCUT2D eigenvalue weighted by atomic mass is 16.6. The van der Waals surface area contributed by atoms with E-state index in [0.717, 1.165) is 12.8 Å². The van der Waals surface area contributed by atoms with E-state index in [0.29, 0.717) is 36.1 Å². The molecule has 26 heavy (non-hydrogen) atoms. The molecule has 0 aliphatic carbocycles. The molecule has 1 aromatic carbocycles. The van der Waals surface area contributed by atoms with E-state index < -0.39 is 6.29 Å². The Hall–Kier alpha value is -1.83. The number of ether oxygens (including phenoxy) is 3. The quantitative estimate of drug-likeness (QED) is 0.614. The summed E-state index contributed by atoms with van der Waals surface area (Å²) in [6, 6.07) is 5.05. The normalized spacial score (nSPS) is 20.8. The molecule has 1 aliphatic rings. The molecule has 0 spiro atoms. The van der Waals surface area contributed by atoms with E-state index in [1.807, 2.05) is 0 Å². The predicted octanol–water partition coefficient (Wildman–Crippen LogP) is 1.55. The predicted molar refractivity (Wildman–Crippen MR) is 98.6 cm³/mol. The van der Waals surface area contributed by atoms with Gasteiger partial charge in [-0.2, -0.15) is 0 Å². The van der Waals surface area contributed by atoms with Crippen molar-refractivity contribution in [2.75, 3.05) is 27.4 Å². The minimum absolute atomic E-state index is 0.0927. The van der Waals surface area contributed by atoms with Crippen molar-refractivity contribution in [2.45, 2.75) is 45.1 Å². The Morgan fingerprint density at radius 1 is 1.31 bits per heavy atom. The van der Waals surface area contributed by atoms with Crippen LogP contribution in [0.15, 0.2) is 18.2 Å². The fourth-order valence-corrected chi connectivity index (χ4v) is 3.17. The van der Waals surface area contributed by atoms with Gasteiger partial charge in [0.15, 0.2) is 6.29 Å². The summed E-state index contributed by atoms with van der Waals surface area (Å²) < 4.78 is 15.8. The number of rotatable bonds is 9. The lowest BCUT2D eigenvalue weighted by Crippen LogP contribution is -2.47. The van der Waals surface area contributed by atoms with Gasteiger partial charge >= 0.3 is 0 Å². The molecule has 3 N–H and O–H groups in total. The van der Waals surface area contributed by atoms with Gasteiger partial charge in [-0.1, -0.05) is 19.9 Å². The number of carbonyl (C=O) groups excluding carboxylic acids is 1. The molecule has 1 heterocycles.